The molecule has 8 rings (SSSR count). The molecule has 6 aromatic carbocycles. The molecule has 0 amide bonds. The summed E-state index contributed by atoms with van der Waals surface area (Å²) in [7, 11) is 0. The predicted octanol–water partition coefficient (Wildman–Crippen LogP) is 9.59. The highest BCUT2D eigenvalue weighted by atomic mass is 16.3. The Bertz CT molecular complexity index is 2200. The van der Waals surface area contributed by atoms with Crippen LogP contribution in [0.5, 0.6) is 0 Å². The SMILES string of the molecule is c1ccc(-c2nc(-c3cc(-c4ccccc4)c4oc5ccccc5c4c3)nc(-c3cccc4ccccc34)n2)cc1. The second-order valence-electron chi connectivity index (χ2n) is 10.1. The van der Waals surface area contributed by atoms with Gasteiger partial charge in [-0.05, 0) is 34.5 Å². The first-order valence-electron chi connectivity index (χ1n) is 13.6. The van der Waals surface area contributed by atoms with Crippen LogP contribution in [0.2, 0.25) is 0 Å². The number of para-hydroxylation sites is 1. The van der Waals surface area contributed by atoms with Crippen molar-refractivity contribution in [3.63, 3.8) is 0 Å². The van der Waals surface area contributed by atoms with E-state index in [1.807, 2.05) is 66.7 Å². The van der Waals surface area contributed by atoms with Crippen molar-refractivity contribution in [1.82, 2.24) is 15.0 Å². The lowest BCUT2D eigenvalue weighted by Gasteiger charge is -2.11. The van der Waals surface area contributed by atoms with E-state index < -0.39 is 0 Å². The summed E-state index contributed by atoms with van der Waals surface area (Å²) in [5.74, 6) is 1.90. The maximum atomic E-state index is 6.41. The van der Waals surface area contributed by atoms with Crippen LogP contribution < -0.4 is 0 Å². The zero-order chi connectivity index (χ0) is 27.2. The van der Waals surface area contributed by atoms with E-state index in [0.717, 1.165) is 60.5 Å². The molecule has 41 heavy (non-hydrogen) atoms. The van der Waals surface area contributed by atoms with Gasteiger partial charge in [-0.25, -0.2) is 15.0 Å². The summed E-state index contributed by atoms with van der Waals surface area (Å²) in [6.45, 7) is 0. The molecule has 2 heterocycles. The molecule has 2 aromatic heterocycles. The van der Waals surface area contributed by atoms with Crippen LogP contribution in [0.15, 0.2) is 144 Å². The average Bonchev–Trinajstić information content (AvgIpc) is 3.43. The Balaban J connectivity index is 1.43. The largest absolute Gasteiger partial charge is 0.455 e. The van der Waals surface area contributed by atoms with Gasteiger partial charge in [0.15, 0.2) is 17.5 Å². The van der Waals surface area contributed by atoms with E-state index >= 15 is 0 Å². The number of furan rings is 1. The first-order valence-corrected chi connectivity index (χ1v) is 13.6. The number of benzene rings is 6. The fraction of sp³-hybridized carbons (Fsp3) is 0. The number of hydrogen-bond donors (Lipinski definition) is 0. The van der Waals surface area contributed by atoms with Crippen molar-refractivity contribution in [2.45, 2.75) is 0 Å². The smallest absolute Gasteiger partial charge is 0.164 e. The van der Waals surface area contributed by atoms with Gasteiger partial charge in [-0.15, -0.1) is 0 Å². The summed E-state index contributed by atoms with van der Waals surface area (Å²) in [6.07, 6.45) is 0. The number of aromatic nitrogens is 3. The van der Waals surface area contributed by atoms with Crippen LogP contribution >= 0.6 is 0 Å². The third-order valence-electron chi connectivity index (χ3n) is 7.52. The Labute approximate surface area is 236 Å². The molecule has 0 aliphatic heterocycles. The first kappa shape index (κ1) is 23.3. The van der Waals surface area contributed by atoms with Crippen molar-refractivity contribution in [2.75, 3.05) is 0 Å². The number of nitrogens with zero attached hydrogens (tertiary/aromatic N) is 3. The monoisotopic (exact) mass is 525 g/mol. The Morgan fingerprint density at radius 1 is 0.390 bits per heavy atom. The summed E-state index contributed by atoms with van der Waals surface area (Å²) in [5.41, 5.74) is 6.61. The molecule has 192 valence electrons. The normalized spacial score (nSPS) is 11.4. The number of fused-ring (bicyclic) bond motifs is 4. The van der Waals surface area contributed by atoms with Gasteiger partial charge in [0.1, 0.15) is 11.2 Å². The minimum absolute atomic E-state index is 0.617. The molecule has 0 aliphatic carbocycles. The molecule has 0 N–H and O–H groups in total. The van der Waals surface area contributed by atoms with Crippen molar-refractivity contribution < 1.29 is 4.42 Å². The van der Waals surface area contributed by atoms with Crippen LogP contribution in [0.25, 0.3) is 78.0 Å². The van der Waals surface area contributed by atoms with Crippen molar-refractivity contribution >= 4 is 32.7 Å². The zero-order valence-electron chi connectivity index (χ0n) is 22.0. The van der Waals surface area contributed by atoms with E-state index in [4.69, 9.17) is 19.4 Å². The third kappa shape index (κ3) is 4.05. The highest BCUT2D eigenvalue weighted by molar-refractivity contribution is 6.11. The van der Waals surface area contributed by atoms with Gasteiger partial charge in [-0.3, -0.25) is 0 Å². The Hall–Kier alpha value is -5.61. The Morgan fingerprint density at radius 3 is 1.80 bits per heavy atom. The maximum absolute atomic E-state index is 6.41. The predicted molar refractivity (Wildman–Crippen MR) is 166 cm³/mol. The minimum atomic E-state index is 0.617. The van der Waals surface area contributed by atoms with Gasteiger partial charge >= 0.3 is 0 Å². The number of rotatable bonds is 4. The van der Waals surface area contributed by atoms with Gasteiger partial charge in [0.25, 0.3) is 0 Å². The summed E-state index contributed by atoms with van der Waals surface area (Å²) in [4.78, 5) is 15.1. The van der Waals surface area contributed by atoms with E-state index in [-0.39, 0.29) is 0 Å². The quantitative estimate of drug-likeness (QED) is 0.230. The molecule has 4 heteroatoms. The second kappa shape index (κ2) is 9.54. The van der Waals surface area contributed by atoms with Crippen LogP contribution in [0.1, 0.15) is 0 Å². The number of hydrogen-bond acceptors (Lipinski definition) is 4. The second-order valence-corrected chi connectivity index (χ2v) is 10.1. The molecular formula is C37H23N3O. The topological polar surface area (TPSA) is 51.8 Å². The van der Waals surface area contributed by atoms with Gasteiger partial charge in [0.2, 0.25) is 0 Å². The van der Waals surface area contributed by atoms with E-state index in [9.17, 15) is 0 Å². The van der Waals surface area contributed by atoms with E-state index in [1.54, 1.807) is 0 Å². The molecule has 8 aromatic rings. The van der Waals surface area contributed by atoms with Crippen LogP contribution in [-0.2, 0) is 0 Å². The van der Waals surface area contributed by atoms with Crippen LogP contribution in [0.4, 0.5) is 0 Å². The molecule has 0 fully saturated rings. The van der Waals surface area contributed by atoms with Crippen molar-refractivity contribution in [3.8, 4) is 45.3 Å². The van der Waals surface area contributed by atoms with Gasteiger partial charge in [-0.2, -0.15) is 0 Å². The summed E-state index contributed by atoms with van der Waals surface area (Å²) >= 11 is 0. The lowest BCUT2D eigenvalue weighted by atomic mass is 9.98. The molecule has 0 spiro atoms. The summed E-state index contributed by atoms with van der Waals surface area (Å²) < 4.78 is 6.41. The molecule has 0 unspecified atom stereocenters. The standard InChI is InChI=1S/C37H23N3O/c1-3-12-25(13-4-1)31-22-27(23-32-29-19-9-10-21-33(29)41-34(31)32)36-38-35(26-15-5-2-6-16-26)39-37(40-36)30-20-11-17-24-14-7-8-18-28(24)30/h1-23H. The molecule has 0 saturated heterocycles. The lowest BCUT2D eigenvalue weighted by Crippen LogP contribution is -2.00. The van der Waals surface area contributed by atoms with Crippen molar-refractivity contribution in [2.24, 2.45) is 0 Å². The average molecular weight is 526 g/mol. The van der Waals surface area contributed by atoms with Crippen molar-refractivity contribution in [1.29, 1.82) is 0 Å². The maximum Gasteiger partial charge on any atom is 0.164 e. The molecule has 0 saturated carbocycles. The van der Waals surface area contributed by atoms with Gasteiger partial charge in [0, 0.05) is 33.0 Å². The van der Waals surface area contributed by atoms with Gasteiger partial charge < -0.3 is 4.42 Å². The van der Waals surface area contributed by atoms with Crippen molar-refractivity contribution in [3.05, 3.63) is 140 Å². The molecule has 0 atom stereocenters. The Kier molecular flexibility index (Phi) is 5.42. The van der Waals surface area contributed by atoms with Gasteiger partial charge in [-0.1, -0.05) is 121 Å². The van der Waals surface area contributed by atoms with E-state index in [0.29, 0.717) is 17.5 Å². The first-order chi connectivity index (χ1) is 20.3. The van der Waals surface area contributed by atoms with Crippen LogP contribution in [0, 0.1) is 0 Å². The third-order valence-corrected chi connectivity index (χ3v) is 7.52. The highest BCUT2D eigenvalue weighted by Gasteiger charge is 2.18. The highest BCUT2D eigenvalue weighted by Crippen LogP contribution is 2.39. The van der Waals surface area contributed by atoms with E-state index in [1.165, 1.54) is 0 Å². The molecule has 0 bridgehead atoms. The molecule has 0 radical (unpaired) electrons. The zero-order valence-corrected chi connectivity index (χ0v) is 22.0. The lowest BCUT2D eigenvalue weighted by molar-refractivity contribution is 0.670. The Morgan fingerprint density at radius 2 is 1.00 bits per heavy atom. The molecule has 0 aliphatic rings. The summed E-state index contributed by atoms with van der Waals surface area (Å²) in [6, 6.07) is 47.4. The van der Waals surface area contributed by atoms with Crippen LogP contribution in [-0.4, -0.2) is 15.0 Å². The van der Waals surface area contributed by atoms with E-state index in [2.05, 4.69) is 72.8 Å². The fourth-order valence-electron chi connectivity index (χ4n) is 5.55. The van der Waals surface area contributed by atoms with Crippen LogP contribution in [0.3, 0.4) is 0 Å². The molecule has 4 nitrogen and oxygen atoms in total. The molecular weight excluding hydrogens is 502 g/mol. The van der Waals surface area contributed by atoms with Gasteiger partial charge in [0.05, 0.1) is 0 Å². The summed E-state index contributed by atoms with van der Waals surface area (Å²) in [5, 5.41) is 4.34. The minimum Gasteiger partial charge on any atom is -0.455 e. The fourth-order valence-corrected chi connectivity index (χ4v) is 5.55.